The van der Waals surface area contributed by atoms with E-state index < -0.39 is 10.8 Å². The van der Waals surface area contributed by atoms with Crippen molar-refractivity contribution in [2.45, 2.75) is 35.8 Å². The van der Waals surface area contributed by atoms with Crippen LogP contribution in [-0.4, -0.2) is 39.1 Å². The van der Waals surface area contributed by atoms with Gasteiger partial charge in [-0.3, -0.25) is 4.21 Å². The van der Waals surface area contributed by atoms with Crippen molar-refractivity contribution in [2.24, 2.45) is 0 Å². The molecule has 0 saturated carbocycles. The minimum absolute atomic E-state index is 0.194. The van der Waals surface area contributed by atoms with Crippen LogP contribution in [0.4, 0.5) is 0 Å². The largest absolute Gasteiger partial charge is 0.508 e. The highest BCUT2D eigenvalue weighted by Crippen LogP contribution is 2.22. The minimum Gasteiger partial charge on any atom is -0.508 e. The summed E-state index contributed by atoms with van der Waals surface area (Å²) in [6, 6.07) is 17.4. The third-order valence-electron chi connectivity index (χ3n) is 4.62. The molecule has 2 unspecified atom stereocenters. The first-order valence-corrected chi connectivity index (χ1v) is 9.89. The number of aryl methyl sites for hydroxylation is 1. The predicted octanol–water partition coefficient (Wildman–Crippen LogP) is 3.60. The maximum atomic E-state index is 12.8. The molecule has 0 amide bonds. The van der Waals surface area contributed by atoms with Gasteiger partial charge in [-0.05, 0) is 68.6 Å². The Morgan fingerprint density at radius 1 is 1.08 bits per heavy atom. The Morgan fingerprint density at radius 2 is 1.83 bits per heavy atom. The van der Waals surface area contributed by atoms with Gasteiger partial charge in [0, 0.05) is 11.4 Å². The fraction of sp³-hybridized carbons (Fsp3) is 0.400. The molecule has 1 saturated heterocycles. The number of aromatic hydroxyl groups is 1. The molecule has 0 aromatic heterocycles. The van der Waals surface area contributed by atoms with Crippen LogP contribution in [0.3, 0.4) is 0 Å². The van der Waals surface area contributed by atoms with Crippen LogP contribution >= 0.6 is 0 Å². The molecule has 2 aromatic carbocycles. The minimum atomic E-state index is -0.993. The zero-order valence-electron chi connectivity index (χ0n) is 13.9. The first-order valence-electron chi connectivity index (χ1n) is 8.68. The molecule has 3 nitrogen and oxygen atoms in total. The van der Waals surface area contributed by atoms with E-state index in [0.29, 0.717) is 0 Å². The SMILES string of the molecule is O=S(c1ccc(O)cc1)C1CCCN(CCCc2ccccc2)C1. The number of piperidine rings is 1. The van der Waals surface area contributed by atoms with Gasteiger partial charge in [0.05, 0.1) is 16.0 Å². The number of hydrogen-bond acceptors (Lipinski definition) is 3. The van der Waals surface area contributed by atoms with Crippen molar-refractivity contribution in [3.05, 3.63) is 60.2 Å². The Hall–Kier alpha value is -1.65. The molecular weight excluding hydrogens is 318 g/mol. The molecule has 1 heterocycles. The van der Waals surface area contributed by atoms with E-state index in [1.165, 1.54) is 5.56 Å². The topological polar surface area (TPSA) is 40.5 Å². The molecule has 0 aliphatic carbocycles. The normalized spacial score (nSPS) is 19.9. The number of rotatable bonds is 6. The monoisotopic (exact) mass is 343 g/mol. The molecule has 1 aliphatic heterocycles. The lowest BCUT2D eigenvalue weighted by atomic mass is 10.1. The second kappa shape index (κ2) is 8.45. The maximum Gasteiger partial charge on any atom is 0.115 e. The summed E-state index contributed by atoms with van der Waals surface area (Å²) in [6.45, 7) is 3.08. The van der Waals surface area contributed by atoms with Gasteiger partial charge >= 0.3 is 0 Å². The highest BCUT2D eigenvalue weighted by molar-refractivity contribution is 7.85. The van der Waals surface area contributed by atoms with E-state index in [9.17, 15) is 9.32 Å². The van der Waals surface area contributed by atoms with Gasteiger partial charge in [0.1, 0.15) is 5.75 Å². The maximum absolute atomic E-state index is 12.8. The molecule has 2 atom stereocenters. The van der Waals surface area contributed by atoms with E-state index in [1.807, 2.05) is 0 Å². The Morgan fingerprint density at radius 3 is 2.58 bits per heavy atom. The van der Waals surface area contributed by atoms with Crippen LogP contribution in [0.1, 0.15) is 24.8 Å². The van der Waals surface area contributed by atoms with Gasteiger partial charge in [-0.1, -0.05) is 30.3 Å². The van der Waals surface area contributed by atoms with Crippen molar-refractivity contribution >= 4 is 10.8 Å². The van der Waals surface area contributed by atoms with Gasteiger partial charge in [0.15, 0.2) is 0 Å². The van der Waals surface area contributed by atoms with Crippen molar-refractivity contribution in [3.8, 4) is 5.75 Å². The third kappa shape index (κ3) is 4.68. The molecular formula is C20H25NO2S. The number of likely N-dealkylation sites (tertiary alicyclic amines) is 1. The molecule has 24 heavy (non-hydrogen) atoms. The van der Waals surface area contributed by atoms with Crippen LogP contribution in [0.5, 0.6) is 5.75 Å². The fourth-order valence-electron chi connectivity index (χ4n) is 3.32. The second-order valence-corrected chi connectivity index (χ2v) is 8.18. The van der Waals surface area contributed by atoms with Gasteiger partial charge in [0.2, 0.25) is 0 Å². The van der Waals surface area contributed by atoms with Crippen molar-refractivity contribution in [3.63, 3.8) is 0 Å². The number of phenols is 1. The Balaban J connectivity index is 1.50. The van der Waals surface area contributed by atoms with Gasteiger partial charge in [0.25, 0.3) is 0 Å². The quantitative estimate of drug-likeness (QED) is 0.871. The molecule has 0 bridgehead atoms. The van der Waals surface area contributed by atoms with Gasteiger partial charge in [-0.2, -0.15) is 0 Å². The van der Waals surface area contributed by atoms with Gasteiger partial charge < -0.3 is 10.0 Å². The standard InChI is InChI=1S/C20H25NO2S/c22-18-10-12-19(13-11-18)24(23)20-9-5-15-21(16-20)14-4-8-17-6-2-1-3-7-17/h1-3,6-7,10-13,20,22H,4-5,8-9,14-16H2. The average Bonchev–Trinajstić information content (AvgIpc) is 2.63. The fourth-order valence-corrected chi connectivity index (χ4v) is 4.83. The molecule has 1 N–H and O–H groups in total. The number of nitrogens with zero attached hydrogens (tertiary/aromatic N) is 1. The van der Waals surface area contributed by atoms with Crippen molar-refractivity contribution < 1.29 is 9.32 Å². The van der Waals surface area contributed by atoms with Crippen molar-refractivity contribution in [1.29, 1.82) is 0 Å². The van der Waals surface area contributed by atoms with E-state index in [1.54, 1.807) is 24.3 Å². The molecule has 128 valence electrons. The zero-order valence-corrected chi connectivity index (χ0v) is 14.8. The van der Waals surface area contributed by atoms with E-state index in [0.717, 1.165) is 50.2 Å². The number of benzene rings is 2. The van der Waals surface area contributed by atoms with E-state index in [-0.39, 0.29) is 11.0 Å². The summed E-state index contributed by atoms with van der Waals surface area (Å²) in [5.74, 6) is 0.224. The van der Waals surface area contributed by atoms with Crippen LogP contribution in [0.25, 0.3) is 0 Å². The molecule has 0 radical (unpaired) electrons. The van der Waals surface area contributed by atoms with Crippen LogP contribution < -0.4 is 0 Å². The Kier molecular flexibility index (Phi) is 6.05. The summed E-state index contributed by atoms with van der Waals surface area (Å²) in [5, 5.41) is 9.57. The lowest BCUT2D eigenvalue weighted by Gasteiger charge is -2.32. The van der Waals surface area contributed by atoms with Crippen LogP contribution in [0.2, 0.25) is 0 Å². The van der Waals surface area contributed by atoms with Gasteiger partial charge in [-0.25, -0.2) is 0 Å². The van der Waals surface area contributed by atoms with Gasteiger partial charge in [-0.15, -0.1) is 0 Å². The summed E-state index contributed by atoms with van der Waals surface area (Å²) in [6.07, 6.45) is 4.37. The van der Waals surface area contributed by atoms with E-state index in [2.05, 4.69) is 35.2 Å². The first kappa shape index (κ1) is 17.2. The smallest absolute Gasteiger partial charge is 0.115 e. The molecule has 1 aliphatic rings. The summed E-state index contributed by atoms with van der Waals surface area (Å²) in [5.41, 5.74) is 1.39. The highest BCUT2D eigenvalue weighted by atomic mass is 32.2. The lowest BCUT2D eigenvalue weighted by Crippen LogP contribution is -2.40. The molecule has 3 rings (SSSR count). The first-order chi connectivity index (χ1) is 11.7. The van der Waals surface area contributed by atoms with Crippen LogP contribution in [-0.2, 0) is 17.2 Å². The predicted molar refractivity (Wildman–Crippen MR) is 98.7 cm³/mol. The molecule has 0 spiro atoms. The number of phenolic OH excluding ortho intramolecular Hbond substituents is 1. The third-order valence-corrected chi connectivity index (χ3v) is 6.34. The van der Waals surface area contributed by atoms with Crippen molar-refractivity contribution in [1.82, 2.24) is 4.90 Å². The van der Waals surface area contributed by atoms with Crippen molar-refractivity contribution in [2.75, 3.05) is 19.6 Å². The van der Waals surface area contributed by atoms with E-state index >= 15 is 0 Å². The van der Waals surface area contributed by atoms with Crippen LogP contribution in [0, 0.1) is 0 Å². The highest BCUT2D eigenvalue weighted by Gasteiger charge is 2.25. The second-order valence-electron chi connectivity index (χ2n) is 6.45. The average molecular weight is 343 g/mol. The molecule has 4 heteroatoms. The number of hydrogen-bond donors (Lipinski definition) is 1. The zero-order chi connectivity index (χ0) is 16.8. The lowest BCUT2D eigenvalue weighted by molar-refractivity contribution is 0.230. The van der Waals surface area contributed by atoms with E-state index in [4.69, 9.17) is 0 Å². The summed E-state index contributed by atoms with van der Waals surface area (Å²) in [4.78, 5) is 3.28. The summed E-state index contributed by atoms with van der Waals surface area (Å²) >= 11 is 0. The Bertz CT molecular complexity index is 657. The van der Waals surface area contributed by atoms with Crippen LogP contribution in [0.15, 0.2) is 59.5 Å². The Labute approximate surface area is 146 Å². The summed E-state index contributed by atoms with van der Waals surface area (Å²) in [7, 11) is -0.993. The molecule has 1 fully saturated rings. The molecule has 2 aromatic rings. The summed E-state index contributed by atoms with van der Waals surface area (Å²) < 4.78 is 12.8.